The van der Waals surface area contributed by atoms with Crippen molar-refractivity contribution in [3.63, 3.8) is 0 Å². The monoisotopic (exact) mass is 208 g/mol. The van der Waals surface area contributed by atoms with E-state index < -0.39 is 0 Å². The highest BCUT2D eigenvalue weighted by molar-refractivity contribution is 5.49. The van der Waals surface area contributed by atoms with Crippen molar-refractivity contribution in [1.82, 2.24) is 0 Å². The third-order valence-corrected chi connectivity index (χ3v) is 3.64. The SMILES string of the molecule is CC(C)[C@@H]1C=C(CCCC=O)[C@H](C)CC1. The molecule has 0 fully saturated rings. The number of hydrogen-bond acceptors (Lipinski definition) is 1. The maximum atomic E-state index is 10.3. The first-order valence-corrected chi connectivity index (χ1v) is 6.29. The Labute approximate surface area is 93.9 Å². The van der Waals surface area contributed by atoms with E-state index in [1.54, 1.807) is 5.57 Å². The molecule has 0 N–H and O–H groups in total. The van der Waals surface area contributed by atoms with Gasteiger partial charge in [0.25, 0.3) is 0 Å². The largest absolute Gasteiger partial charge is 0.303 e. The molecule has 0 heterocycles. The molecule has 2 atom stereocenters. The number of carbonyl (C=O) groups excluding carboxylic acids is 1. The molecular formula is C14H24O. The molecule has 15 heavy (non-hydrogen) atoms. The van der Waals surface area contributed by atoms with Crippen LogP contribution in [0.4, 0.5) is 0 Å². The summed E-state index contributed by atoms with van der Waals surface area (Å²) in [6, 6.07) is 0. The molecule has 0 saturated carbocycles. The lowest BCUT2D eigenvalue weighted by Gasteiger charge is -2.28. The summed E-state index contributed by atoms with van der Waals surface area (Å²) >= 11 is 0. The van der Waals surface area contributed by atoms with Crippen LogP contribution in [0.3, 0.4) is 0 Å². The second-order valence-corrected chi connectivity index (χ2v) is 5.19. The van der Waals surface area contributed by atoms with Crippen molar-refractivity contribution >= 4 is 6.29 Å². The van der Waals surface area contributed by atoms with Crippen molar-refractivity contribution in [3.05, 3.63) is 11.6 Å². The molecule has 0 unspecified atom stereocenters. The van der Waals surface area contributed by atoms with E-state index in [2.05, 4.69) is 26.8 Å². The second-order valence-electron chi connectivity index (χ2n) is 5.19. The van der Waals surface area contributed by atoms with Gasteiger partial charge in [0.1, 0.15) is 6.29 Å². The van der Waals surface area contributed by atoms with Crippen molar-refractivity contribution in [2.45, 2.75) is 52.9 Å². The summed E-state index contributed by atoms with van der Waals surface area (Å²) in [5, 5.41) is 0. The smallest absolute Gasteiger partial charge is 0.120 e. The Bertz CT molecular complexity index is 227. The van der Waals surface area contributed by atoms with Gasteiger partial charge in [-0.15, -0.1) is 0 Å². The number of aldehydes is 1. The highest BCUT2D eigenvalue weighted by Crippen LogP contribution is 2.34. The predicted octanol–water partition coefficient (Wildman–Crippen LogP) is 3.98. The zero-order valence-corrected chi connectivity index (χ0v) is 10.3. The molecule has 0 aromatic carbocycles. The van der Waals surface area contributed by atoms with Crippen LogP contribution in [-0.4, -0.2) is 6.29 Å². The number of rotatable bonds is 5. The zero-order valence-electron chi connectivity index (χ0n) is 10.3. The first-order chi connectivity index (χ1) is 7.15. The van der Waals surface area contributed by atoms with E-state index in [0.29, 0.717) is 0 Å². The molecule has 1 rings (SSSR count). The lowest BCUT2D eigenvalue weighted by Crippen LogP contribution is -2.16. The van der Waals surface area contributed by atoms with E-state index in [-0.39, 0.29) is 0 Å². The first-order valence-electron chi connectivity index (χ1n) is 6.29. The van der Waals surface area contributed by atoms with Gasteiger partial charge in [0.05, 0.1) is 0 Å². The minimum atomic E-state index is 0.719. The number of carbonyl (C=O) groups is 1. The van der Waals surface area contributed by atoms with E-state index in [9.17, 15) is 4.79 Å². The molecule has 1 nitrogen and oxygen atoms in total. The summed E-state index contributed by atoms with van der Waals surface area (Å²) in [6.45, 7) is 6.93. The van der Waals surface area contributed by atoms with Crippen LogP contribution in [0.25, 0.3) is 0 Å². The van der Waals surface area contributed by atoms with Crippen LogP contribution in [0.5, 0.6) is 0 Å². The van der Waals surface area contributed by atoms with Gasteiger partial charge in [-0.25, -0.2) is 0 Å². The highest BCUT2D eigenvalue weighted by atomic mass is 16.1. The molecule has 0 saturated heterocycles. The molecule has 0 amide bonds. The average Bonchev–Trinajstić information content (AvgIpc) is 2.20. The Hall–Kier alpha value is -0.590. The maximum Gasteiger partial charge on any atom is 0.120 e. The summed E-state index contributed by atoms with van der Waals surface area (Å²) in [4.78, 5) is 10.3. The van der Waals surface area contributed by atoms with Gasteiger partial charge in [0.15, 0.2) is 0 Å². The fraction of sp³-hybridized carbons (Fsp3) is 0.786. The maximum absolute atomic E-state index is 10.3. The van der Waals surface area contributed by atoms with Crippen LogP contribution in [-0.2, 0) is 4.79 Å². The molecule has 86 valence electrons. The molecule has 0 radical (unpaired) electrons. The topological polar surface area (TPSA) is 17.1 Å². The molecule has 1 aliphatic rings. The number of hydrogen-bond donors (Lipinski definition) is 0. The molecule has 0 aromatic heterocycles. The molecular weight excluding hydrogens is 184 g/mol. The molecule has 0 aliphatic heterocycles. The molecule has 0 spiro atoms. The second kappa shape index (κ2) is 6.09. The van der Waals surface area contributed by atoms with Gasteiger partial charge in [-0.2, -0.15) is 0 Å². The Kier molecular flexibility index (Phi) is 5.07. The quantitative estimate of drug-likeness (QED) is 0.379. The van der Waals surface area contributed by atoms with Gasteiger partial charge in [-0.1, -0.05) is 32.4 Å². The van der Waals surface area contributed by atoms with Gasteiger partial charge < -0.3 is 4.79 Å². The zero-order chi connectivity index (χ0) is 11.3. The van der Waals surface area contributed by atoms with E-state index in [1.807, 2.05) is 0 Å². The van der Waals surface area contributed by atoms with E-state index in [1.165, 1.54) is 12.8 Å². The molecule has 1 aliphatic carbocycles. The Morgan fingerprint density at radius 2 is 2.20 bits per heavy atom. The van der Waals surface area contributed by atoms with Gasteiger partial charge in [0, 0.05) is 6.42 Å². The van der Waals surface area contributed by atoms with Crippen molar-refractivity contribution in [2.75, 3.05) is 0 Å². The summed E-state index contributed by atoms with van der Waals surface area (Å²) in [5.41, 5.74) is 1.60. The lowest BCUT2D eigenvalue weighted by atomic mass is 9.77. The minimum absolute atomic E-state index is 0.719. The summed E-state index contributed by atoms with van der Waals surface area (Å²) < 4.78 is 0. The number of unbranched alkanes of at least 4 members (excludes halogenated alkanes) is 1. The third-order valence-electron chi connectivity index (χ3n) is 3.64. The third kappa shape index (κ3) is 3.81. The van der Waals surface area contributed by atoms with Crippen LogP contribution < -0.4 is 0 Å². The summed E-state index contributed by atoms with van der Waals surface area (Å²) in [7, 11) is 0. The Morgan fingerprint density at radius 3 is 2.80 bits per heavy atom. The van der Waals surface area contributed by atoms with Gasteiger partial charge in [0.2, 0.25) is 0 Å². The Morgan fingerprint density at radius 1 is 1.47 bits per heavy atom. The van der Waals surface area contributed by atoms with Crippen LogP contribution >= 0.6 is 0 Å². The van der Waals surface area contributed by atoms with E-state index in [0.717, 1.165) is 43.3 Å². The van der Waals surface area contributed by atoms with Crippen molar-refractivity contribution < 1.29 is 4.79 Å². The van der Waals surface area contributed by atoms with E-state index >= 15 is 0 Å². The predicted molar refractivity (Wildman–Crippen MR) is 64.7 cm³/mol. The lowest BCUT2D eigenvalue weighted by molar-refractivity contribution is -0.107. The number of allylic oxidation sites excluding steroid dienone is 2. The first kappa shape index (κ1) is 12.5. The van der Waals surface area contributed by atoms with E-state index in [4.69, 9.17) is 0 Å². The van der Waals surface area contributed by atoms with Crippen molar-refractivity contribution in [1.29, 1.82) is 0 Å². The highest BCUT2D eigenvalue weighted by Gasteiger charge is 2.20. The Balaban J connectivity index is 2.53. The standard InChI is InChI=1S/C14H24O/c1-11(2)13-8-7-12(3)14(10-13)6-4-5-9-15/h9-13H,4-8H2,1-3H3/t12-,13+/m1/s1. The normalized spacial score (nSPS) is 26.5. The molecule has 1 heteroatoms. The molecule has 0 bridgehead atoms. The minimum Gasteiger partial charge on any atom is -0.303 e. The van der Waals surface area contributed by atoms with Crippen LogP contribution in [0.1, 0.15) is 52.9 Å². The van der Waals surface area contributed by atoms with Gasteiger partial charge >= 0.3 is 0 Å². The van der Waals surface area contributed by atoms with Gasteiger partial charge in [-0.05, 0) is 43.4 Å². The van der Waals surface area contributed by atoms with Gasteiger partial charge in [-0.3, -0.25) is 0 Å². The van der Waals surface area contributed by atoms with Crippen LogP contribution in [0, 0.1) is 17.8 Å². The van der Waals surface area contributed by atoms with Crippen molar-refractivity contribution in [2.24, 2.45) is 17.8 Å². The fourth-order valence-electron chi connectivity index (χ4n) is 2.40. The van der Waals surface area contributed by atoms with Crippen LogP contribution in [0.15, 0.2) is 11.6 Å². The average molecular weight is 208 g/mol. The van der Waals surface area contributed by atoms with Crippen molar-refractivity contribution in [3.8, 4) is 0 Å². The van der Waals surface area contributed by atoms with Crippen LogP contribution in [0.2, 0.25) is 0 Å². The summed E-state index contributed by atoms with van der Waals surface area (Å²) in [6.07, 6.45) is 9.08. The summed E-state index contributed by atoms with van der Waals surface area (Å²) in [5.74, 6) is 2.28. The molecule has 0 aromatic rings. The fourth-order valence-corrected chi connectivity index (χ4v) is 2.40.